The van der Waals surface area contributed by atoms with Crippen molar-refractivity contribution in [2.24, 2.45) is 5.41 Å². The van der Waals surface area contributed by atoms with Crippen LogP contribution in [0.2, 0.25) is 0 Å². The zero-order chi connectivity index (χ0) is 54.0. The number of amides is 3. The second-order valence-electron chi connectivity index (χ2n) is 20.3. The average Bonchev–Trinajstić information content (AvgIpc) is 4.28. The van der Waals surface area contributed by atoms with Crippen molar-refractivity contribution in [3.05, 3.63) is 125 Å². The van der Waals surface area contributed by atoms with E-state index >= 15 is 8.78 Å². The number of halogens is 3. The van der Waals surface area contributed by atoms with Crippen LogP contribution < -0.4 is 14.6 Å². The topological polar surface area (TPSA) is 185 Å². The number of carbonyl (C=O) groups excluding carboxylic acids is 4. The number of likely N-dealkylation sites (tertiary alicyclic amines) is 1. The first-order valence-electron chi connectivity index (χ1n) is 25.1. The third kappa shape index (κ3) is 11.5. The summed E-state index contributed by atoms with van der Waals surface area (Å²) in [5.41, 5.74) is 5.07. The summed E-state index contributed by atoms with van der Waals surface area (Å²) in [6.45, 7) is 12.6. The van der Waals surface area contributed by atoms with E-state index in [-0.39, 0.29) is 50.0 Å². The first-order valence-corrected chi connectivity index (χ1v) is 27.1. The van der Waals surface area contributed by atoms with Crippen LogP contribution in [0.4, 0.5) is 24.5 Å². The van der Waals surface area contributed by atoms with Gasteiger partial charge in [-0.2, -0.15) is 4.41 Å². The number of ketones is 1. The van der Waals surface area contributed by atoms with E-state index in [4.69, 9.17) is 4.84 Å². The molecule has 0 aliphatic carbocycles. The predicted octanol–water partition coefficient (Wildman–Crippen LogP) is 6.90. The van der Waals surface area contributed by atoms with Crippen molar-refractivity contribution in [3.8, 4) is 21.6 Å². The maximum Gasteiger partial charge on any atom is 0.249 e. The number of nitrogens with one attached hydrogen (secondary N) is 2. The number of alkyl halides is 1. The van der Waals surface area contributed by atoms with Gasteiger partial charge in [0.25, 0.3) is 0 Å². The first-order chi connectivity index (χ1) is 36.4. The number of aromatic nitrogens is 3. The lowest BCUT2D eigenvalue weighted by molar-refractivity contribution is -0.215. The van der Waals surface area contributed by atoms with Crippen molar-refractivity contribution < 1.29 is 45.6 Å². The fraction of sp³-hybridized carbons (Fsp3) is 0.389. The predicted molar refractivity (Wildman–Crippen MR) is 284 cm³/mol. The third-order valence-corrected chi connectivity index (χ3v) is 15.9. The fourth-order valence-electron chi connectivity index (χ4n) is 10.1. The molecule has 22 heteroatoms. The summed E-state index contributed by atoms with van der Waals surface area (Å²) < 4.78 is 70.5. The number of hydrogen-bond acceptors (Lipinski definition) is 13. The number of hydrazine groups is 1. The number of thiazole rings is 1. The largest absolute Gasteiger partial charge is 0.369 e. The molecule has 17 nitrogen and oxygen atoms in total. The standard InChI is InChI=1S/C54H60F3N10O7S2/c1-33-49(75-32-61-33)37-10-8-35(9-11-37)28-60-52(70)45-7-6-19-65(45)53(71)50(54(3,4)5)66(34(2)68)74-26-25-62-21-23-63(24-22-62)40-14-12-36(13-15-40)38-27-41-42(30-59-51(41)58-29-38)48(69)46-43(56)16-17-44(47(46)57)67(76(72)73)64-20-18-39(55)31-64/h6,8-17,27,29-30,32,39,45,50,76H,7,18-26,28,31H2,1-5H3,(H,58,59)(H,60,70)/t39-,45+,50-/m1/s1. The Kier molecular flexibility index (Phi) is 16.3. The number of aryl methyl sites for hydroxylation is 1. The highest BCUT2D eigenvalue weighted by Gasteiger charge is 2.46. The highest BCUT2D eigenvalue weighted by molar-refractivity contribution is 7.73. The van der Waals surface area contributed by atoms with Crippen LogP contribution in [0, 0.1) is 30.4 Å². The molecule has 6 heterocycles. The quantitative estimate of drug-likeness (QED) is 0.0489. The van der Waals surface area contributed by atoms with Crippen LogP contribution in [0.15, 0.2) is 84.6 Å². The van der Waals surface area contributed by atoms with Crippen LogP contribution in [0.1, 0.15) is 67.7 Å². The maximum atomic E-state index is 16.1. The molecular weight excluding hydrogens is 1020 g/mol. The molecule has 3 atom stereocenters. The van der Waals surface area contributed by atoms with Gasteiger partial charge in [-0.25, -0.2) is 41.6 Å². The second kappa shape index (κ2) is 22.9. The van der Waals surface area contributed by atoms with Gasteiger partial charge in [0.15, 0.2) is 5.82 Å². The zero-order valence-corrected chi connectivity index (χ0v) is 44.5. The van der Waals surface area contributed by atoms with Crippen LogP contribution in [0.5, 0.6) is 0 Å². The number of anilines is 2. The maximum absolute atomic E-state index is 16.1. The summed E-state index contributed by atoms with van der Waals surface area (Å²) in [7, 11) is -3.50. The lowest BCUT2D eigenvalue weighted by Crippen LogP contribution is -2.59. The third-order valence-electron chi connectivity index (χ3n) is 14.1. The minimum Gasteiger partial charge on any atom is -0.369 e. The first kappa shape index (κ1) is 54.1. The molecule has 3 amide bonds. The van der Waals surface area contributed by atoms with Crippen LogP contribution in [0.25, 0.3) is 32.6 Å². The van der Waals surface area contributed by atoms with E-state index in [1.54, 1.807) is 23.6 Å². The highest BCUT2D eigenvalue weighted by atomic mass is 32.2. The molecule has 3 aliphatic rings. The minimum absolute atomic E-state index is 0.0117. The summed E-state index contributed by atoms with van der Waals surface area (Å²) >= 11 is 1.58. The molecule has 3 fully saturated rings. The van der Waals surface area contributed by atoms with Crippen LogP contribution in [-0.2, 0) is 36.7 Å². The molecule has 3 aromatic heterocycles. The van der Waals surface area contributed by atoms with Gasteiger partial charge in [-0.05, 0) is 78.6 Å². The summed E-state index contributed by atoms with van der Waals surface area (Å²) in [5.74, 6) is -4.67. The van der Waals surface area contributed by atoms with Gasteiger partial charge >= 0.3 is 0 Å². The Morgan fingerprint density at radius 1 is 0.947 bits per heavy atom. The van der Waals surface area contributed by atoms with Crippen molar-refractivity contribution in [2.45, 2.75) is 72.3 Å². The SMILES string of the molecule is CC(=O)N(OCCN1CCN(c2ccc(-c3cnc4[nH]cc(C(=O)c5c(F)ccc(N(N6CC[C@@H](F)C6)[SH](=O)=O)c5F)c4c3)cc2)CC1)[C@H](C(=O)N1C[CH]C[C@H]1C(=O)NCc1ccc(-c2scnc2C)cc1)C(C)(C)C. The van der Waals surface area contributed by atoms with Gasteiger partial charge in [0.05, 0.1) is 34.8 Å². The molecule has 401 valence electrons. The van der Waals surface area contributed by atoms with Crippen molar-refractivity contribution in [1.82, 2.24) is 40.1 Å². The van der Waals surface area contributed by atoms with Crippen LogP contribution in [0.3, 0.4) is 0 Å². The van der Waals surface area contributed by atoms with E-state index in [2.05, 4.69) is 30.1 Å². The number of rotatable bonds is 17. The van der Waals surface area contributed by atoms with Gasteiger partial charge < -0.3 is 20.1 Å². The van der Waals surface area contributed by atoms with Crippen molar-refractivity contribution in [2.75, 3.05) is 68.3 Å². The normalized spacial score (nSPS) is 17.9. The highest BCUT2D eigenvalue weighted by Crippen LogP contribution is 2.35. The van der Waals surface area contributed by atoms with Gasteiger partial charge in [-0.3, -0.25) is 28.9 Å². The lowest BCUT2D eigenvalue weighted by atomic mass is 9.85. The number of hydrogen-bond donors (Lipinski definition) is 3. The molecule has 9 rings (SSSR count). The molecule has 2 N–H and O–H groups in total. The summed E-state index contributed by atoms with van der Waals surface area (Å²) in [4.78, 5) is 80.2. The van der Waals surface area contributed by atoms with Crippen molar-refractivity contribution >= 4 is 68.1 Å². The molecule has 0 spiro atoms. The van der Waals surface area contributed by atoms with Gasteiger partial charge in [0.1, 0.15) is 35.4 Å². The molecule has 76 heavy (non-hydrogen) atoms. The molecule has 3 aliphatic heterocycles. The monoisotopic (exact) mass is 1080 g/mol. The van der Waals surface area contributed by atoms with E-state index in [9.17, 15) is 32.0 Å². The molecule has 1 radical (unpaired) electrons. The van der Waals surface area contributed by atoms with E-state index in [0.717, 1.165) is 50.1 Å². The van der Waals surface area contributed by atoms with E-state index < -0.39 is 69.1 Å². The Balaban J connectivity index is 0.790. The minimum atomic E-state index is -3.50. The number of benzene rings is 3. The number of H-pyrrole nitrogens is 1. The van der Waals surface area contributed by atoms with Crippen LogP contribution >= 0.6 is 11.3 Å². The van der Waals surface area contributed by atoms with Crippen molar-refractivity contribution in [3.63, 3.8) is 0 Å². The Hall–Kier alpha value is -6.72. The lowest BCUT2D eigenvalue weighted by Gasteiger charge is -2.41. The number of carbonyl (C=O) groups is 4. The van der Waals surface area contributed by atoms with E-state index in [1.807, 2.05) is 88.2 Å². The van der Waals surface area contributed by atoms with Gasteiger partial charge in [0, 0.05) is 93.9 Å². The molecule has 3 aromatic carbocycles. The van der Waals surface area contributed by atoms with Gasteiger partial charge in [-0.15, -0.1) is 11.3 Å². The van der Waals surface area contributed by atoms with Crippen molar-refractivity contribution in [1.29, 1.82) is 0 Å². The molecule has 0 bridgehead atoms. The summed E-state index contributed by atoms with van der Waals surface area (Å²) in [5, 5.41) is 5.59. The van der Waals surface area contributed by atoms with Gasteiger partial charge in [-0.1, -0.05) is 57.2 Å². The number of nitrogens with zero attached hydrogens (tertiary/aromatic N) is 8. The fourth-order valence-corrected chi connectivity index (χ4v) is 11.6. The Morgan fingerprint density at radius 2 is 1.67 bits per heavy atom. The Bertz CT molecular complexity index is 3190. The molecule has 6 aromatic rings. The number of fused-ring (bicyclic) bond motifs is 1. The van der Waals surface area contributed by atoms with E-state index in [1.165, 1.54) is 23.1 Å². The van der Waals surface area contributed by atoms with Gasteiger partial charge in [0.2, 0.25) is 34.4 Å². The molecule has 0 saturated carbocycles. The smallest absolute Gasteiger partial charge is 0.249 e. The zero-order valence-electron chi connectivity index (χ0n) is 42.8. The van der Waals surface area contributed by atoms with E-state index in [0.29, 0.717) is 66.7 Å². The Labute approximate surface area is 444 Å². The molecule has 3 saturated heterocycles. The van der Waals surface area contributed by atoms with Crippen LogP contribution in [-0.4, -0.2) is 144 Å². The Morgan fingerprint density at radius 3 is 2.32 bits per heavy atom. The number of piperazine rings is 1. The number of pyridine rings is 1. The second-order valence-corrected chi connectivity index (χ2v) is 22.0. The molecular formula is C54H60F3N10O7S2. The summed E-state index contributed by atoms with van der Waals surface area (Å²) in [6.07, 6.45) is 3.91. The summed E-state index contributed by atoms with van der Waals surface area (Å²) in [6, 6.07) is 17.4. The number of aromatic amines is 1. The number of hydroxylamine groups is 2. The number of thiol groups is 1. The average molecular weight is 1080 g/mol. The molecule has 0 unspecified atom stereocenters.